The van der Waals surface area contributed by atoms with E-state index < -0.39 is 11.9 Å². The molecule has 1 amide bonds. The van der Waals surface area contributed by atoms with Gasteiger partial charge in [0.1, 0.15) is 22.8 Å². The van der Waals surface area contributed by atoms with E-state index in [-0.39, 0.29) is 17.1 Å². The number of hydrogen-bond donors (Lipinski definition) is 2. The first-order valence-electron chi connectivity index (χ1n) is 12.8. The van der Waals surface area contributed by atoms with Crippen LogP contribution in [0.15, 0.2) is 88.4 Å². The van der Waals surface area contributed by atoms with Crippen molar-refractivity contribution in [2.24, 2.45) is 5.10 Å². The first-order chi connectivity index (χ1) is 20.8. The van der Waals surface area contributed by atoms with Gasteiger partial charge in [-0.25, -0.2) is 10.2 Å². The zero-order valence-corrected chi connectivity index (χ0v) is 25.6. The third-order valence-corrected chi connectivity index (χ3v) is 7.42. The first-order valence-corrected chi connectivity index (χ1v) is 14.0. The van der Waals surface area contributed by atoms with Gasteiger partial charge in [-0.3, -0.25) is 4.79 Å². The number of methoxy groups -OCH3 is 3. The first kappa shape index (κ1) is 29.7. The lowest BCUT2D eigenvalue weighted by Gasteiger charge is -2.12. The van der Waals surface area contributed by atoms with Crippen LogP contribution in [0.5, 0.6) is 23.0 Å². The number of nitrogens with one attached hydrogen (secondary N) is 2. The average Bonchev–Trinajstić information content (AvgIpc) is 3.44. The van der Waals surface area contributed by atoms with Crippen molar-refractivity contribution in [2.75, 3.05) is 21.3 Å². The highest BCUT2D eigenvalue weighted by Crippen LogP contribution is 2.41. The molecule has 0 saturated carbocycles. The van der Waals surface area contributed by atoms with Crippen molar-refractivity contribution in [1.29, 1.82) is 0 Å². The topological polar surface area (TPSA) is 111 Å². The number of H-pyrrole nitrogens is 1. The van der Waals surface area contributed by atoms with Crippen LogP contribution in [0.2, 0.25) is 5.02 Å². The molecule has 0 aliphatic rings. The van der Waals surface area contributed by atoms with E-state index in [1.807, 2.05) is 42.5 Å². The molecule has 4 aromatic carbocycles. The van der Waals surface area contributed by atoms with E-state index in [9.17, 15) is 9.59 Å². The fourth-order valence-electron chi connectivity index (χ4n) is 4.54. The minimum absolute atomic E-state index is 0.168. The highest BCUT2D eigenvalue weighted by molar-refractivity contribution is 9.10. The fraction of sp³-hybridized carbons (Fsp3) is 0.0938. The van der Waals surface area contributed by atoms with Crippen LogP contribution >= 0.6 is 27.5 Å². The molecule has 1 heterocycles. The standard InChI is InChI=1S/C32H25BrClN3O6/c1-40-23-13-10-20(34)16-21(23)32(39)43-24-12-9-18(15-26(24)42-3)17-35-37-31(38)30-27(19-7-5-4-6-8-19)28-22(33)11-14-25(41-2)29(28)36-30/h4-17,36H,1-3H3,(H,37,38). The fourth-order valence-corrected chi connectivity index (χ4v) is 5.24. The van der Waals surface area contributed by atoms with Crippen molar-refractivity contribution in [3.05, 3.63) is 105 Å². The second-order valence-corrected chi connectivity index (χ2v) is 10.4. The molecule has 0 bridgehead atoms. The van der Waals surface area contributed by atoms with Gasteiger partial charge in [-0.2, -0.15) is 5.10 Å². The summed E-state index contributed by atoms with van der Waals surface area (Å²) in [7, 11) is 4.47. The molecule has 0 fully saturated rings. The molecule has 43 heavy (non-hydrogen) atoms. The molecule has 0 spiro atoms. The summed E-state index contributed by atoms with van der Waals surface area (Å²) in [5.41, 5.74) is 5.89. The molecule has 9 nitrogen and oxygen atoms in total. The second-order valence-electron chi connectivity index (χ2n) is 9.08. The Kier molecular flexibility index (Phi) is 8.98. The Bertz CT molecular complexity index is 1860. The van der Waals surface area contributed by atoms with Gasteiger partial charge in [-0.1, -0.05) is 57.9 Å². The third kappa shape index (κ3) is 6.20. The van der Waals surface area contributed by atoms with Crippen LogP contribution in [0, 0.1) is 0 Å². The van der Waals surface area contributed by atoms with Crippen LogP contribution in [-0.2, 0) is 0 Å². The monoisotopic (exact) mass is 661 g/mol. The predicted molar refractivity (Wildman–Crippen MR) is 169 cm³/mol. The number of halogens is 2. The van der Waals surface area contributed by atoms with E-state index in [0.29, 0.717) is 38.9 Å². The number of hydrogen-bond acceptors (Lipinski definition) is 7. The number of carbonyl (C=O) groups excluding carboxylic acids is 2. The molecule has 0 aliphatic carbocycles. The summed E-state index contributed by atoms with van der Waals surface area (Å²) in [6, 6.07) is 22.8. The molecule has 0 aliphatic heterocycles. The van der Waals surface area contributed by atoms with Crippen molar-refractivity contribution >= 4 is 56.5 Å². The van der Waals surface area contributed by atoms with E-state index in [1.54, 1.807) is 37.4 Å². The van der Waals surface area contributed by atoms with E-state index in [4.69, 9.17) is 30.5 Å². The number of rotatable bonds is 9. The lowest BCUT2D eigenvalue weighted by atomic mass is 10.0. The summed E-state index contributed by atoms with van der Waals surface area (Å²) >= 11 is 9.67. The smallest absolute Gasteiger partial charge is 0.347 e. The number of nitrogens with zero attached hydrogens (tertiary/aromatic N) is 1. The maximum atomic E-state index is 13.4. The van der Waals surface area contributed by atoms with Gasteiger partial charge in [-0.05, 0) is 59.7 Å². The van der Waals surface area contributed by atoms with Gasteiger partial charge in [-0.15, -0.1) is 0 Å². The number of fused-ring (bicyclic) bond motifs is 1. The van der Waals surface area contributed by atoms with Gasteiger partial charge in [0.15, 0.2) is 11.5 Å². The van der Waals surface area contributed by atoms with Crippen LogP contribution in [0.25, 0.3) is 22.0 Å². The Hall–Kier alpha value is -4.80. The molecule has 0 atom stereocenters. The lowest BCUT2D eigenvalue weighted by molar-refractivity contribution is 0.0726. The molecule has 0 radical (unpaired) electrons. The molecule has 2 N–H and O–H groups in total. The van der Waals surface area contributed by atoms with E-state index in [2.05, 4.69) is 31.4 Å². The quantitative estimate of drug-likeness (QED) is 0.0744. The molecule has 5 rings (SSSR count). The van der Waals surface area contributed by atoms with Crippen molar-refractivity contribution in [3.8, 4) is 34.1 Å². The summed E-state index contributed by atoms with van der Waals surface area (Å²) in [6.07, 6.45) is 1.45. The minimum Gasteiger partial charge on any atom is -0.496 e. The number of hydrazone groups is 1. The highest BCUT2D eigenvalue weighted by atomic mass is 79.9. The summed E-state index contributed by atoms with van der Waals surface area (Å²) in [6.45, 7) is 0. The number of benzene rings is 4. The van der Waals surface area contributed by atoms with Crippen molar-refractivity contribution in [1.82, 2.24) is 10.4 Å². The van der Waals surface area contributed by atoms with Gasteiger partial charge in [0.25, 0.3) is 5.91 Å². The molecule has 0 saturated heterocycles. The Morgan fingerprint density at radius 2 is 1.56 bits per heavy atom. The number of carbonyl (C=O) groups is 2. The molecule has 5 aromatic rings. The number of aromatic amines is 1. The van der Waals surface area contributed by atoms with Crippen LogP contribution in [0.1, 0.15) is 26.4 Å². The second kappa shape index (κ2) is 13.0. The molecule has 1 aromatic heterocycles. The Morgan fingerprint density at radius 3 is 2.28 bits per heavy atom. The zero-order valence-electron chi connectivity index (χ0n) is 23.2. The molecule has 11 heteroatoms. The van der Waals surface area contributed by atoms with Crippen LogP contribution < -0.4 is 24.4 Å². The van der Waals surface area contributed by atoms with Gasteiger partial charge >= 0.3 is 5.97 Å². The van der Waals surface area contributed by atoms with Gasteiger partial charge in [0.05, 0.1) is 33.1 Å². The summed E-state index contributed by atoms with van der Waals surface area (Å²) in [5, 5.41) is 5.33. The van der Waals surface area contributed by atoms with Crippen LogP contribution in [0.4, 0.5) is 0 Å². The maximum Gasteiger partial charge on any atom is 0.347 e. The highest BCUT2D eigenvalue weighted by Gasteiger charge is 2.23. The molecule has 218 valence electrons. The van der Waals surface area contributed by atoms with Gasteiger partial charge < -0.3 is 23.9 Å². The lowest BCUT2D eigenvalue weighted by Crippen LogP contribution is -2.19. The molecule has 0 unspecified atom stereocenters. The van der Waals surface area contributed by atoms with Crippen molar-refractivity contribution in [2.45, 2.75) is 0 Å². The van der Waals surface area contributed by atoms with Crippen molar-refractivity contribution in [3.63, 3.8) is 0 Å². The zero-order chi connectivity index (χ0) is 30.5. The largest absolute Gasteiger partial charge is 0.496 e. The minimum atomic E-state index is -0.665. The number of aromatic nitrogens is 1. The molecular formula is C32H25BrClN3O6. The van der Waals surface area contributed by atoms with Crippen molar-refractivity contribution < 1.29 is 28.5 Å². The number of esters is 1. The van der Waals surface area contributed by atoms with E-state index in [1.165, 1.54) is 26.5 Å². The Labute approximate surface area is 260 Å². The molecular weight excluding hydrogens is 638 g/mol. The van der Waals surface area contributed by atoms with Crippen LogP contribution in [0.3, 0.4) is 0 Å². The third-order valence-electron chi connectivity index (χ3n) is 6.53. The van der Waals surface area contributed by atoms with Gasteiger partial charge in [0, 0.05) is 20.4 Å². The predicted octanol–water partition coefficient (Wildman–Crippen LogP) is 7.26. The summed E-state index contributed by atoms with van der Waals surface area (Å²) < 4.78 is 22.6. The maximum absolute atomic E-state index is 13.4. The normalized spacial score (nSPS) is 11.0. The van der Waals surface area contributed by atoms with E-state index >= 15 is 0 Å². The Balaban J connectivity index is 1.39. The Morgan fingerprint density at radius 1 is 0.860 bits per heavy atom. The SMILES string of the molecule is COc1cc(C=NNC(=O)c2[nH]c3c(OC)ccc(Br)c3c2-c2ccccc2)ccc1OC(=O)c1cc(Cl)ccc1OC. The summed E-state index contributed by atoms with van der Waals surface area (Å²) in [4.78, 5) is 29.5. The number of ether oxygens (including phenoxy) is 4. The summed E-state index contributed by atoms with van der Waals surface area (Å²) in [5.74, 6) is 0.267. The number of amides is 1. The average molecular weight is 663 g/mol. The van der Waals surface area contributed by atoms with E-state index in [0.717, 1.165) is 15.4 Å². The van der Waals surface area contributed by atoms with Crippen LogP contribution in [-0.4, -0.2) is 44.4 Å². The van der Waals surface area contributed by atoms with Gasteiger partial charge in [0.2, 0.25) is 0 Å².